The maximum atomic E-state index is 4.10. The van der Waals surface area contributed by atoms with Gasteiger partial charge in [-0.25, -0.2) is 4.68 Å². The van der Waals surface area contributed by atoms with Gasteiger partial charge in [0.05, 0.1) is 11.4 Å². The first-order valence-corrected chi connectivity index (χ1v) is 4.57. The highest BCUT2D eigenvalue weighted by Gasteiger charge is 2.09. The molecule has 1 heterocycles. The average Bonchev–Trinajstić information content (AvgIpc) is 2.34. The van der Waals surface area contributed by atoms with E-state index in [0.717, 1.165) is 18.5 Å². The van der Waals surface area contributed by atoms with Gasteiger partial charge in [-0.1, -0.05) is 18.6 Å². The third-order valence-corrected chi connectivity index (χ3v) is 1.96. The lowest BCUT2D eigenvalue weighted by molar-refractivity contribution is 0.492. The van der Waals surface area contributed by atoms with Crippen LogP contribution < -0.4 is 0 Å². The van der Waals surface area contributed by atoms with Crippen LogP contribution >= 0.6 is 0 Å². The molecule has 0 bridgehead atoms. The van der Waals surface area contributed by atoms with Crippen LogP contribution in [0.5, 0.6) is 0 Å². The first kappa shape index (κ1) is 9.23. The summed E-state index contributed by atoms with van der Waals surface area (Å²) in [5.41, 5.74) is 2.36. The largest absolute Gasteiger partial charge is 0.247 e. The maximum absolute atomic E-state index is 4.10. The Hall–Kier alpha value is -0.860. The van der Waals surface area contributed by atoms with E-state index in [9.17, 15) is 0 Å². The Morgan fingerprint density at radius 2 is 2.08 bits per heavy atom. The Morgan fingerprint density at radius 1 is 1.42 bits per heavy atom. The fourth-order valence-corrected chi connectivity index (χ4v) is 1.34. The van der Waals surface area contributed by atoms with Crippen LogP contribution in [0, 0.1) is 6.92 Å². The minimum atomic E-state index is 0.424. The third kappa shape index (κ3) is 1.65. The average molecular weight is 167 g/mol. The lowest BCUT2D eigenvalue weighted by Crippen LogP contribution is -2.07. The van der Waals surface area contributed by atoms with Crippen molar-refractivity contribution in [3.63, 3.8) is 0 Å². The van der Waals surface area contributed by atoms with E-state index in [0.29, 0.717) is 6.04 Å². The SMILES string of the molecule is CCCc1c(C)nnn1C(C)C. The molecule has 0 amide bonds. The molecule has 3 nitrogen and oxygen atoms in total. The van der Waals surface area contributed by atoms with E-state index in [1.54, 1.807) is 0 Å². The molecule has 0 spiro atoms. The van der Waals surface area contributed by atoms with Crippen LogP contribution in [0.15, 0.2) is 0 Å². The van der Waals surface area contributed by atoms with Gasteiger partial charge in [0.25, 0.3) is 0 Å². The Kier molecular flexibility index (Phi) is 2.84. The van der Waals surface area contributed by atoms with Crippen LogP contribution in [0.3, 0.4) is 0 Å². The topological polar surface area (TPSA) is 30.7 Å². The second-order valence-corrected chi connectivity index (χ2v) is 3.41. The van der Waals surface area contributed by atoms with Crippen molar-refractivity contribution < 1.29 is 0 Å². The fourth-order valence-electron chi connectivity index (χ4n) is 1.34. The van der Waals surface area contributed by atoms with Gasteiger partial charge < -0.3 is 0 Å². The van der Waals surface area contributed by atoms with Crippen molar-refractivity contribution >= 4 is 0 Å². The van der Waals surface area contributed by atoms with E-state index >= 15 is 0 Å². The summed E-state index contributed by atoms with van der Waals surface area (Å²) in [6, 6.07) is 0.424. The molecule has 0 saturated carbocycles. The van der Waals surface area contributed by atoms with E-state index in [2.05, 4.69) is 31.1 Å². The summed E-state index contributed by atoms with van der Waals surface area (Å²) in [6.45, 7) is 8.47. The molecule has 0 atom stereocenters. The van der Waals surface area contributed by atoms with E-state index in [4.69, 9.17) is 0 Å². The lowest BCUT2D eigenvalue weighted by Gasteiger charge is -2.08. The van der Waals surface area contributed by atoms with Crippen molar-refractivity contribution in [1.29, 1.82) is 0 Å². The normalized spacial score (nSPS) is 11.1. The van der Waals surface area contributed by atoms with Crippen molar-refractivity contribution in [3.05, 3.63) is 11.4 Å². The second-order valence-electron chi connectivity index (χ2n) is 3.41. The van der Waals surface area contributed by atoms with E-state index in [1.165, 1.54) is 5.69 Å². The quantitative estimate of drug-likeness (QED) is 0.690. The third-order valence-electron chi connectivity index (χ3n) is 1.96. The van der Waals surface area contributed by atoms with Crippen LogP contribution in [0.4, 0.5) is 0 Å². The molecule has 0 saturated heterocycles. The van der Waals surface area contributed by atoms with E-state index in [1.807, 2.05) is 11.6 Å². The summed E-state index contributed by atoms with van der Waals surface area (Å²) in [7, 11) is 0. The zero-order chi connectivity index (χ0) is 9.14. The molecule has 68 valence electrons. The van der Waals surface area contributed by atoms with Gasteiger partial charge in [0.2, 0.25) is 0 Å². The van der Waals surface area contributed by atoms with Crippen molar-refractivity contribution in [2.24, 2.45) is 0 Å². The molecule has 0 aliphatic rings. The number of nitrogens with zero attached hydrogens (tertiary/aromatic N) is 3. The van der Waals surface area contributed by atoms with Gasteiger partial charge in [0.1, 0.15) is 0 Å². The second kappa shape index (κ2) is 3.70. The molecule has 1 aromatic heterocycles. The Bertz CT molecular complexity index is 250. The van der Waals surface area contributed by atoms with Gasteiger partial charge in [-0.2, -0.15) is 0 Å². The Balaban J connectivity index is 2.95. The predicted octanol–water partition coefficient (Wildman–Crippen LogP) is 2.12. The molecule has 0 N–H and O–H groups in total. The van der Waals surface area contributed by atoms with Crippen LogP contribution in [0.25, 0.3) is 0 Å². The molecule has 1 rings (SSSR count). The molecule has 0 unspecified atom stereocenters. The van der Waals surface area contributed by atoms with E-state index < -0.39 is 0 Å². The van der Waals surface area contributed by atoms with Gasteiger partial charge in [-0.15, -0.1) is 5.10 Å². The van der Waals surface area contributed by atoms with Gasteiger partial charge in [-0.3, -0.25) is 0 Å². The Labute approximate surface area is 73.8 Å². The molecular weight excluding hydrogens is 150 g/mol. The number of rotatable bonds is 3. The molecule has 0 aliphatic heterocycles. The monoisotopic (exact) mass is 167 g/mol. The minimum Gasteiger partial charge on any atom is -0.247 e. The zero-order valence-electron chi connectivity index (χ0n) is 8.33. The standard InChI is InChI=1S/C9H17N3/c1-5-6-9-8(4)10-11-12(9)7(2)3/h7H,5-6H2,1-4H3. The van der Waals surface area contributed by atoms with Crippen molar-refractivity contribution in [2.75, 3.05) is 0 Å². The summed E-state index contributed by atoms with van der Waals surface area (Å²) >= 11 is 0. The highest BCUT2D eigenvalue weighted by Crippen LogP contribution is 2.12. The molecular formula is C9H17N3. The number of aryl methyl sites for hydroxylation is 1. The van der Waals surface area contributed by atoms with Crippen LogP contribution in [-0.2, 0) is 6.42 Å². The highest BCUT2D eigenvalue weighted by atomic mass is 15.4. The smallest absolute Gasteiger partial charge is 0.0828 e. The van der Waals surface area contributed by atoms with E-state index in [-0.39, 0.29) is 0 Å². The number of aromatic nitrogens is 3. The summed E-state index contributed by atoms with van der Waals surface area (Å²) in [4.78, 5) is 0. The van der Waals surface area contributed by atoms with Gasteiger partial charge >= 0.3 is 0 Å². The summed E-state index contributed by atoms with van der Waals surface area (Å²) in [5.74, 6) is 0. The molecule has 0 fully saturated rings. The molecule has 1 aromatic rings. The van der Waals surface area contributed by atoms with Gasteiger partial charge in [-0.05, 0) is 27.2 Å². The summed E-state index contributed by atoms with van der Waals surface area (Å²) in [6.07, 6.45) is 2.23. The molecule has 0 aliphatic carbocycles. The summed E-state index contributed by atoms with van der Waals surface area (Å²) in [5, 5.41) is 8.17. The summed E-state index contributed by atoms with van der Waals surface area (Å²) < 4.78 is 2.01. The van der Waals surface area contributed by atoms with Crippen molar-refractivity contribution in [1.82, 2.24) is 15.0 Å². The zero-order valence-corrected chi connectivity index (χ0v) is 8.33. The fraction of sp³-hybridized carbons (Fsp3) is 0.778. The number of hydrogen-bond donors (Lipinski definition) is 0. The molecule has 3 heteroatoms. The highest BCUT2D eigenvalue weighted by molar-refractivity contribution is 5.08. The van der Waals surface area contributed by atoms with Crippen LogP contribution in [0.1, 0.15) is 44.6 Å². The molecule has 0 radical (unpaired) electrons. The Morgan fingerprint density at radius 3 is 2.58 bits per heavy atom. The first-order valence-electron chi connectivity index (χ1n) is 4.57. The predicted molar refractivity (Wildman–Crippen MR) is 49.1 cm³/mol. The number of hydrogen-bond acceptors (Lipinski definition) is 2. The van der Waals surface area contributed by atoms with Crippen LogP contribution in [-0.4, -0.2) is 15.0 Å². The van der Waals surface area contributed by atoms with Crippen LogP contribution in [0.2, 0.25) is 0 Å². The first-order chi connectivity index (χ1) is 5.66. The lowest BCUT2D eigenvalue weighted by atomic mass is 10.2. The maximum Gasteiger partial charge on any atom is 0.0828 e. The molecule has 12 heavy (non-hydrogen) atoms. The van der Waals surface area contributed by atoms with Crippen molar-refractivity contribution in [2.45, 2.75) is 46.6 Å². The molecule has 0 aromatic carbocycles. The van der Waals surface area contributed by atoms with Crippen molar-refractivity contribution in [3.8, 4) is 0 Å². The van der Waals surface area contributed by atoms with Gasteiger partial charge in [0, 0.05) is 6.04 Å². The van der Waals surface area contributed by atoms with Gasteiger partial charge in [0.15, 0.2) is 0 Å². The minimum absolute atomic E-state index is 0.424.